The molecule has 0 fully saturated rings. The predicted molar refractivity (Wildman–Crippen MR) is 93.5 cm³/mol. The molecule has 4 rings (SSSR count). The molecular formula is C16H15N3O3S2. The summed E-state index contributed by atoms with van der Waals surface area (Å²) in [5, 5.41) is 5.22. The van der Waals surface area contributed by atoms with Crippen LogP contribution in [0.3, 0.4) is 0 Å². The Bertz CT molecular complexity index is 951. The maximum Gasteiger partial charge on any atom is 0.275 e. The molecule has 1 aliphatic rings. The maximum atomic E-state index is 11.9. The summed E-state index contributed by atoms with van der Waals surface area (Å²) in [7, 11) is 0. The lowest BCUT2D eigenvalue weighted by atomic mass is 10.3. The zero-order valence-corrected chi connectivity index (χ0v) is 14.7. The molecule has 0 aliphatic carbocycles. The number of hydrogen-bond acceptors (Lipinski definition) is 7. The molecule has 0 atom stereocenters. The Balaban J connectivity index is 1.54. The summed E-state index contributed by atoms with van der Waals surface area (Å²) in [5.74, 6) is 2.25. The van der Waals surface area contributed by atoms with Gasteiger partial charge in [-0.2, -0.15) is 9.61 Å². The van der Waals surface area contributed by atoms with Gasteiger partial charge in [-0.3, -0.25) is 4.79 Å². The highest BCUT2D eigenvalue weighted by molar-refractivity contribution is 7.98. The smallest absolute Gasteiger partial charge is 0.275 e. The first-order valence-corrected chi connectivity index (χ1v) is 9.38. The van der Waals surface area contributed by atoms with Crippen molar-refractivity contribution in [1.82, 2.24) is 14.6 Å². The number of nitrogens with zero attached hydrogens (tertiary/aromatic N) is 3. The van der Waals surface area contributed by atoms with Gasteiger partial charge in [-0.1, -0.05) is 11.3 Å². The normalized spacial score (nSPS) is 13.9. The summed E-state index contributed by atoms with van der Waals surface area (Å²) in [6.45, 7) is 3.17. The molecule has 124 valence electrons. The van der Waals surface area contributed by atoms with E-state index in [-0.39, 0.29) is 5.56 Å². The van der Waals surface area contributed by atoms with Gasteiger partial charge in [0.15, 0.2) is 11.5 Å². The van der Waals surface area contributed by atoms with E-state index in [0.717, 1.165) is 27.8 Å². The SMILES string of the molecule is Cc1cc(=O)n2nc(CSc3ccc4c(c3)OCCCO4)sc2n1. The fourth-order valence-corrected chi connectivity index (χ4v) is 4.25. The van der Waals surface area contributed by atoms with E-state index >= 15 is 0 Å². The fraction of sp³-hybridized carbons (Fsp3) is 0.312. The molecule has 0 saturated heterocycles. The van der Waals surface area contributed by atoms with E-state index in [1.807, 2.05) is 25.1 Å². The molecule has 24 heavy (non-hydrogen) atoms. The van der Waals surface area contributed by atoms with Gasteiger partial charge in [-0.15, -0.1) is 11.8 Å². The number of aryl methyl sites for hydroxylation is 1. The number of aromatic nitrogens is 3. The van der Waals surface area contributed by atoms with Crippen molar-refractivity contribution in [2.24, 2.45) is 0 Å². The highest BCUT2D eigenvalue weighted by atomic mass is 32.2. The van der Waals surface area contributed by atoms with Gasteiger partial charge >= 0.3 is 0 Å². The quantitative estimate of drug-likeness (QED) is 0.668. The van der Waals surface area contributed by atoms with Gasteiger partial charge < -0.3 is 9.47 Å². The third-order valence-corrected chi connectivity index (χ3v) is 5.59. The van der Waals surface area contributed by atoms with E-state index in [2.05, 4.69) is 10.1 Å². The lowest BCUT2D eigenvalue weighted by Crippen LogP contribution is -2.14. The average molecular weight is 361 g/mol. The van der Waals surface area contributed by atoms with E-state index in [4.69, 9.17) is 9.47 Å². The molecule has 1 aliphatic heterocycles. The van der Waals surface area contributed by atoms with E-state index in [9.17, 15) is 4.79 Å². The first-order chi connectivity index (χ1) is 11.7. The summed E-state index contributed by atoms with van der Waals surface area (Å²) in [5.41, 5.74) is 0.575. The first-order valence-electron chi connectivity index (χ1n) is 7.58. The second-order valence-electron chi connectivity index (χ2n) is 5.37. The Morgan fingerprint density at radius 3 is 2.96 bits per heavy atom. The van der Waals surface area contributed by atoms with Gasteiger partial charge in [-0.25, -0.2) is 4.98 Å². The first kappa shape index (κ1) is 15.5. The van der Waals surface area contributed by atoms with Crippen LogP contribution in [0.15, 0.2) is 34.0 Å². The van der Waals surface area contributed by atoms with Gasteiger partial charge in [0.05, 0.1) is 19.0 Å². The molecule has 0 unspecified atom stereocenters. The summed E-state index contributed by atoms with van der Waals surface area (Å²) >= 11 is 3.09. The number of thioether (sulfide) groups is 1. The molecular weight excluding hydrogens is 346 g/mol. The summed E-state index contributed by atoms with van der Waals surface area (Å²) in [6.07, 6.45) is 0.893. The molecule has 0 amide bonds. The minimum atomic E-state index is -0.138. The van der Waals surface area contributed by atoms with Gasteiger partial charge in [0, 0.05) is 23.1 Å². The van der Waals surface area contributed by atoms with Gasteiger partial charge in [-0.05, 0) is 25.1 Å². The molecule has 3 aromatic rings. The number of hydrogen-bond donors (Lipinski definition) is 0. The lowest BCUT2D eigenvalue weighted by molar-refractivity contribution is 0.297. The molecule has 0 bridgehead atoms. The Labute approximate surface area is 146 Å². The third-order valence-electron chi connectivity index (χ3n) is 3.50. The molecule has 1 aromatic carbocycles. The highest BCUT2D eigenvalue weighted by Crippen LogP contribution is 2.35. The maximum absolute atomic E-state index is 11.9. The molecule has 0 N–H and O–H groups in total. The van der Waals surface area contributed by atoms with Crippen LogP contribution in [0.2, 0.25) is 0 Å². The van der Waals surface area contributed by atoms with Crippen molar-refractivity contribution in [1.29, 1.82) is 0 Å². The van der Waals surface area contributed by atoms with Crippen LogP contribution in [0.25, 0.3) is 4.96 Å². The van der Waals surface area contributed by atoms with Crippen molar-refractivity contribution in [3.8, 4) is 11.5 Å². The van der Waals surface area contributed by atoms with Crippen LogP contribution in [-0.4, -0.2) is 27.8 Å². The summed E-state index contributed by atoms with van der Waals surface area (Å²) < 4.78 is 12.7. The van der Waals surface area contributed by atoms with Crippen molar-refractivity contribution in [3.05, 3.63) is 45.3 Å². The Kier molecular flexibility index (Phi) is 4.15. The standard InChI is InChI=1S/C16H15N3O3S2/c1-10-7-15(20)19-16(17-10)24-14(18-19)9-23-11-3-4-12-13(8-11)22-6-2-5-21-12/h3-4,7-8H,2,5-6,9H2,1H3. The number of benzene rings is 1. The highest BCUT2D eigenvalue weighted by Gasteiger charge is 2.12. The van der Waals surface area contributed by atoms with Crippen LogP contribution in [0.5, 0.6) is 11.5 Å². The van der Waals surface area contributed by atoms with Crippen molar-refractivity contribution in [2.75, 3.05) is 13.2 Å². The zero-order chi connectivity index (χ0) is 16.5. The van der Waals surface area contributed by atoms with E-state index < -0.39 is 0 Å². The van der Waals surface area contributed by atoms with E-state index in [1.54, 1.807) is 11.8 Å². The van der Waals surface area contributed by atoms with Gasteiger partial charge in [0.2, 0.25) is 4.96 Å². The van der Waals surface area contributed by atoms with Crippen LogP contribution in [0, 0.1) is 6.92 Å². The van der Waals surface area contributed by atoms with Crippen LogP contribution in [0.4, 0.5) is 0 Å². The molecule has 0 radical (unpaired) electrons. The Morgan fingerprint density at radius 2 is 2.08 bits per heavy atom. The zero-order valence-electron chi connectivity index (χ0n) is 13.0. The molecule has 8 heteroatoms. The second-order valence-corrected chi connectivity index (χ2v) is 7.46. The summed E-state index contributed by atoms with van der Waals surface area (Å²) in [6, 6.07) is 7.44. The van der Waals surface area contributed by atoms with Gasteiger partial charge in [0.25, 0.3) is 5.56 Å². The van der Waals surface area contributed by atoms with Crippen LogP contribution in [-0.2, 0) is 5.75 Å². The largest absolute Gasteiger partial charge is 0.490 e. The Morgan fingerprint density at radius 1 is 1.25 bits per heavy atom. The van der Waals surface area contributed by atoms with Crippen LogP contribution in [0.1, 0.15) is 17.1 Å². The van der Waals surface area contributed by atoms with Crippen LogP contribution >= 0.6 is 23.1 Å². The predicted octanol–water partition coefficient (Wildman–Crippen LogP) is 2.91. The third kappa shape index (κ3) is 3.11. The number of ether oxygens (including phenoxy) is 2. The Hall–Kier alpha value is -2.06. The topological polar surface area (TPSA) is 65.7 Å². The molecule has 0 saturated carbocycles. The van der Waals surface area contributed by atoms with E-state index in [0.29, 0.717) is 29.6 Å². The number of rotatable bonds is 3. The van der Waals surface area contributed by atoms with Crippen LogP contribution < -0.4 is 15.0 Å². The second kappa shape index (κ2) is 6.45. The van der Waals surface area contributed by atoms with E-state index in [1.165, 1.54) is 21.9 Å². The van der Waals surface area contributed by atoms with Crippen molar-refractivity contribution in [2.45, 2.75) is 24.0 Å². The monoisotopic (exact) mass is 361 g/mol. The number of fused-ring (bicyclic) bond motifs is 2. The minimum Gasteiger partial charge on any atom is -0.490 e. The lowest BCUT2D eigenvalue weighted by Gasteiger charge is -2.08. The molecule has 6 nitrogen and oxygen atoms in total. The molecule has 2 aromatic heterocycles. The molecule has 0 spiro atoms. The van der Waals surface area contributed by atoms with Crippen molar-refractivity contribution < 1.29 is 9.47 Å². The summed E-state index contributed by atoms with van der Waals surface area (Å²) in [4.78, 5) is 18.0. The molecule has 3 heterocycles. The fourth-order valence-electron chi connectivity index (χ4n) is 2.40. The average Bonchev–Trinajstić information content (AvgIpc) is 2.82. The van der Waals surface area contributed by atoms with Gasteiger partial charge in [0.1, 0.15) is 5.01 Å². The minimum absolute atomic E-state index is 0.138. The van der Waals surface area contributed by atoms with Crippen molar-refractivity contribution in [3.63, 3.8) is 0 Å². The van der Waals surface area contributed by atoms with Crippen molar-refractivity contribution >= 4 is 28.1 Å².